The Morgan fingerprint density at radius 1 is 1.50 bits per heavy atom. The van der Waals surface area contributed by atoms with Gasteiger partial charge in [0.25, 0.3) is 0 Å². The molecule has 0 heterocycles. The summed E-state index contributed by atoms with van der Waals surface area (Å²) in [5, 5.41) is 8.90. The quantitative estimate of drug-likeness (QED) is 0.792. The van der Waals surface area contributed by atoms with Crippen LogP contribution in [-0.2, 0) is 0 Å². The van der Waals surface area contributed by atoms with Crippen LogP contribution in [0.25, 0.3) is 0 Å². The van der Waals surface area contributed by atoms with E-state index >= 15 is 0 Å². The fourth-order valence-electron chi connectivity index (χ4n) is 1.54. The number of benzene rings is 1. The van der Waals surface area contributed by atoms with Crippen LogP contribution in [0, 0.1) is 24.2 Å². The highest BCUT2D eigenvalue weighted by Gasteiger charge is 2.16. The molecule has 2 unspecified atom stereocenters. The second kappa shape index (κ2) is 4.78. The van der Waals surface area contributed by atoms with E-state index in [0.29, 0.717) is 0 Å². The van der Waals surface area contributed by atoms with Crippen LogP contribution in [-0.4, -0.2) is 0 Å². The van der Waals surface area contributed by atoms with Crippen LogP contribution in [0.1, 0.15) is 30.5 Å². The summed E-state index contributed by atoms with van der Waals surface area (Å²) in [4.78, 5) is 0. The van der Waals surface area contributed by atoms with Crippen LogP contribution < -0.4 is 5.73 Å². The molecule has 74 valence electrons. The number of nitrogens with two attached hydrogens (primary N) is 1. The van der Waals surface area contributed by atoms with Gasteiger partial charge in [-0.15, -0.1) is 0 Å². The third-order valence-corrected chi connectivity index (χ3v) is 2.47. The fourth-order valence-corrected chi connectivity index (χ4v) is 1.54. The molecule has 0 saturated carbocycles. The van der Waals surface area contributed by atoms with Gasteiger partial charge in [-0.25, -0.2) is 0 Å². The van der Waals surface area contributed by atoms with Crippen molar-refractivity contribution in [1.82, 2.24) is 0 Å². The number of hydrogen-bond donors (Lipinski definition) is 1. The van der Waals surface area contributed by atoms with Crippen molar-refractivity contribution in [3.63, 3.8) is 0 Å². The van der Waals surface area contributed by atoms with E-state index in [-0.39, 0.29) is 12.0 Å². The second-order valence-corrected chi connectivity index (χ2v) is 3.58. The molecule has 1 aromatic rings. The van der Waals surface area contributed by atoms with Crippen molar-refractivity contribution in [1.29, 1.82) is 5.26 Å². The van der Waals surface area contributed by atoms with Gasteiger partial charge in [-0.2, -0.15) is 5.26 Å². The van der Waals surface area contributed by atoms with Crippen molar-refractivity contribution in [2.24, 2.45) is 11.7 Å². The molecule has 0 aliphatic carbocycles. The van der Waals surface area contributed by atoms with E-state index in [1.165, 1.54) is 5.56 Å². The second-order valence-electron chi connectivity index (χ2n) is 3.58. The topological polar surface area (TPSA) is 49.8 Å². The van der Waals surface area contributed by atoms with Gasteiger partial charge >= 0.3 is 0 Å². The molecule has 2 atom stereocenters. The normalized spacial score (nSPS) is 14.4. The average molecular weight is 188 g/mol. The van der Waals surface area contributed by atoms with Gasteiger partial charge in [-0.05, 0) is 18.9 Å². The molecule has 0 fully saturated rings. The first-order valence-electron chi connectivity index (χ1n) is 4.90. The maximum atomic E-state index is 8.90. The fraction of sp³-hybridized carbons (Fsp3) is 0.417. The van der Waals surface area contributed by atoms with Crippen LogP contribution in [0.5, 0.6) is 0 Å². The molecular weight excluding hydrogens is 172 g/mol. The van der Waals surface area contributed by atoms with Crippen LogP contribution >= 0.6 is 0 Å². The van der Waals surface area contributed by atoms with Crippen molar-refractivity contribution in [2.45, 2.75) is 26.3 Å². The third-order valence-electron chi connectivity index (χ3n) is 2.47. The lowest BCUT2D eigenvalue weighted by molar-refractivity contribution is 0.517. The van der Waals surface area contributed by atoms with Crippen molar-refractivity contribution in [3.8, 4) is 6.07 Å². The Kier molecular flexibility index (Phi) is 3.67. The number of rotatable bonds is 3. The zero-order valence-corrected chi connectivity index (χ0v) is 8.70. The van der Waals surface area contributed by atoms with Gasteiger partial charge in [-0.1, -0.05) is 36.8 Å². The summed E-state index contributed by atoms with van der Waals surface area (Å²) in [5.74, 6) is -0.0863. The van der Waals surface area contributed by atoms with Gasteiger partial charge in [0.1, 0.15) is 0 Å². The zero-order chi connectivity index (χ0) is 10.6. The molecule has 2 N–H and O–H groups in total. The van der Waals surface area contributed by atoms with Crippen LogP contribution in [0.2, 0.25) is 0 Å². The van der Waals surface area contributed by atoms with Crippen molar-refractivity contribution in [3.05, 3.63) is 35.4 Å². The lowest BCUT2D eigenvalue weighted by atomic mass is 9.92. The minimum Gasteiger partial charge on any atom is -0.323 e. The first-order valence-corrected chi connectivity index (χ1v) is 4.90. The molecule has 1 rings (SSSR count). The Bertz CT molecular complexity index is 338. The predicted molar refractivity (Wildman–Crippen MR) is 57.5 cm³/mol. The Morgan fingerprint density at radius 3 is 2.71 bits per heavy atom. The van der Waals surface area contributed by atoms with E-state index in [0.717, 1.165) is 12.0 Å². The molecule has 2 heteroatoms. The van der Waals surface area contributed by atoms with Gasteiger partial charge < -0.3 is 5.73 Å². The number of nitrogens with zero attached hydrogens (tertiary/aromatic N) is 1. The Labute approximate surface area is 85.4 Å². The maximum absolute atomic E-state index is 8.90. The highest BCUT2D eigenvalue weighted by Crippen LogP contribution is 2.22. The molecule has 0 saturated heterocycles. The van der Waals surface area contributed by atoms with Crippen LogP contribution in [0.3, 0.4) is 0 Å². The maximum Gasteiger partial charge on any atom is 0.0675 e. The molecule has 0 spiro atoms. The van der Waals surface area contributed by atoms with E-state index in [9.17, 15) is 0 Å². The van der Waals surface area contributed by atoms with E-state index in [1.807, 2.05) is 38.1 Å². The summed E-state index contributed by atoms with van der Waals surface area (Å²) >= 11 is 0. The van der Waals surface area contributed by atoms with E-state index in [4.69, 9.17) is 11.0 Å². The van der Waals surface area contributed by atoms with Gasteiger partial charge in [0.15, 0.2) is 0 Å². The van der Waals surface area contributed by atoms with E-state index in [2.05, 4.69) is 6.07 Å². The third kappa shape index (κ3) is 2.34. The van der Waals surface area contributed by atoms with Crippen molar-refractivity contribution in [2.75, 3.05) is 0 Å². The number of nitriles is 1. The van der Waals surface area contributed by atoms with Crippen molar-refractivity contribution < 1.29 is 0 Å². The van der Waals surface area contributed by atoms with Gasteiger partial charge in [0, 0.05) is 6.04 Å². The minimum absolute atomic E-state index is 0.0863. The summed E-state index contributed by atoms with van der Waals surface area (Å²) in [6.07, 6.45) is 0.797. The van der Waals surface area contributed by atoms with Crippen LogP contribution in [0.4, 0.5) is 0 Å². The highest BCUT2D eigenvalue weighted by molar-refractivity contribution is 5.26. The zero-order valence-electron chi connectivity index (χ0n) is 8.70. The molecule has 0 bridgehead atoms. The van der Waals surface area contributed by atoms with Gasteiger partial charge in [0.05, 0.1) is 12.0 Å². The van der Waals surface area contributed by atoms with Gasteiger partial charge in [0.2, 0.25) is 0 Å². The molecule has 0 amide bonds. The molecule has 0 aliphatic rings. The summed E-state index contributed by atoms with van der Waals surface area (Å²) in [6.45, 7) is 4.02. The molecule has 2 nitrogen and oxygen atoms in total. The average Bonchev–Trinajstić information content (AvgIpc) is 2.19. The molecule has 0 aliphatic heterocycles. The lowest BCUT2D eigenvalue weighted by Crippen LogP contribution is -2.19. The molecule has 14 heavy (non-hydrogen) atoms. The molecular formula is C12H16N2. The van der Waals surface area contributed by atoms with Gasteiger partial charge in [-0.3, -0.25) is 0 Å². The smallest absolute Gasteiger partial charge is 0.0675 e. The first-order chi connectivity index (χ1) is 6.69. The van der Waals surface area contributed by atoms with E-state index < -0.39 is 0 Å². The molecule has 0 radical (unpaired) electrons. The lowest BCUT2D eigenvalue weighted by Gasteiger charge is -2.16. The first kappa shape index (κ1) is 10.7. The van der Waals surface area contributed by atoms with Crippen LogP contribution in [0.15, 0.2) is 24.3 Å². The number of hydrogen-bond acceptors (Lipinski definition) is 2. The standard InChI is InChI=1S/C12H16N2/c1-3-10(8-13)12(14)11-6-4-5-9(2)7-11/h4-7,10,12H,3,14H2,1-2H3. The van der Waals surface area contributed by atoms with E-state index in [1.54, 1.807) is 0 Å². The summed E-state index contributed by atoms with van der Waals surface area (Å²) in [6, 6.07) is 10.1. The minimum atomic E-state index is -0.162. The summed E-state index contributed by atoms with van der Waals surface area (Å²) < 4.78 is 0. The Hall–Kier alpha value is -1.33. The Morgan fingerprint density at radius 2 is 2.21 bits per heavy atom. The SMILES string of the molecule is CCC(C#N)C(N)c1cccc(C)c1. The Balaban J connectivity index is 2.89. The summed E-state index contributed by atoms with van der Waals surface area (Å²) in [7, 11) is 0. The molecule has 0 aromatic heterocycles. The largest absolute Gasteiger partial charge is 0.323 e. The number of aryl methyl sites for hydroxylation is 1. The highest BCUT2D eigenvalue weighted by atomic mass is 14.6. The predicted octanol–water partition coefficient (Wildman–Crippen LogP) is 2.54. The molecule has 1 aromatic carbocycles. The monoisotopic (exact) mass is 188 g/mol. The summed E-state index contributed by atoms with van der Waals surface area (Å²) in [5.41, 5.74) is 8.25. The van der Waals surface area contributed by atoms with Crippen molar-refractivity contribution >= 4 is 0 Å².